The molecule has 0 bridgehead atoms. The molecule has 2 aromatic rings. The third-order valence-electron chi connectivity index (χ3n) is 5.64. The molecule has 3 atom stereocenters. The average molecular weight is 369 g/mol. The zero-order valence-electron chi connectivity index (χ0n) is 15.3. The van der Waals surface area contributed by atoms with Crippen LogP contribution in [0.2, 0.25) is 0 Å². The van der Waals surface area contributed by atoms with E-state index >= 15 is 0 Å². The second-order valence-corrected chi connectivity index (χ2v) is 9.52. The molecule has 3 unspecified atom stereocenters. The molecule has 1 N–H and O–H groups in total. The minimum absolute atomic E-state index is 0.236. The summed E-state index contributed by atoms with van der Waals surface area (Å²) in [5, 5.41) is 3.68. The van der Waals surface area contributed by atoms with Gasteiger partial charge in [-0.1, -0.05) is 36.4 Å². The number of rotatable bonds is 3. The number of allylic oxidation sites excluding steroid dienone is 2. The van der Waals surface area contributed by atoms with E-state index in [1.54, 1.807) is 20.2 Å². The highest BCUT2D eigenvalue weighted by molar-refractivity contribution is 7.89. The molecular weight excluding hydrogens is 344 g/mol. The Morgan fingerprint density at radius 1 is 1.08 bits per heavy atom. The number of nitrogens with one attached hydrogen (secondary N) is 1. The van der Waals surface area contributed by atoms with Crippen LogP contribution < -0.4 is 5.32 Å². The van der Waals surface area contributed by atoms with Crippen LogP contribution in [0.4, 0.5) is 5.69 Å². The van der Waals surface area contributed by atoms with Crippen molar-refractivity contribution >= 4 is 15.7 Å². The van der Waals surface area contributed by atoms with Gasteiger partial charge in [-0.2, -0.15) is 0 Å². The normalized spacial score (nSPS) is 24.2. The van der Waals surface area contributed by atoms with Crippen LogP contribution in [-0.2, 0) is 10.0 Å². The zero-order chi connectivity index (χ0) is 18.5. The lowest BCUT2D eigenvalue weighted by molar-refractivity contribution is 0.423. The maximum Gasteiger partial charge on any atom is 0.242 e. The van der Waals surface area contributed by atoms with Crippen molar-refractivity contribution in [2.24, 2.45) is 5.92 Å². The number of benzene rings is 2. The molecule has 0 amide bonds. The minimum atomic E-state index is -3.43. The lowest BCUT2D eigenvalue weighted by Crippen LogP contribution is -2.30. The second kappa shape index (κ2) is 6.25. The molecule has 0 radical (unpaired) electrons. The van der Waals surface area contributed by atoms with Gasteiger partial charge in [-0.15, -0.1) is 0 Å². The van der Waals surface area contributed by atoms with Crippen LogP contribution >= 0.6 is 0 Å². The van der Waals surface area contributed by atoms with Gasteiger partial charge in [0.05, 0.1) is 10.9 Å². The molecule has 4 rings (SSSR count). The predicted molar refractivity (Wildman–Crippen MR) is 105 cm³/mol. The van der Waals surface area contributed by atoms with Crippen molar-refractivity contribution in [3.63, 3.8) is 0 Å². The Balaban J connectivity index is 1.80. The van der Waals surface area contributed by atoms with Gasteiger partial charge < -0.3 is 5.32 Å². The smallest absolute Gasteiger partial charge is 0.242 e. The van der Waals surface area contributed by atoms with Crippen molar-refractivity contribution in [2.75, 3.05) is 19.4 Å². The largest absolute Gasteiger partial charge is 0.378 e. The third-order valence-corrected chi connectivity index (χ3v) is 7.45. The molecule has 136 valence electrons. The fourth-order valence-electron chi connectivity index (χ4n) is 4.19. The van der Waals surface area contributed by atoms with Gasteiger partial charge in [-0.3, -0.25) is 0 Å². The van der Waals surface area contributed by atoms with Crippen molar-refractivity contribution in [1.29, 1.82) is 0 Å². The summed E-state index contributed by atoms with van der Waals surface area (Å²) in [6.07, 6.45) is 5.47. The summed E-state index contributed by atoms with van der Waals surface area (Å²) in [4.78, 5) is 0.358. The molecule has 0 spiro atoms. The summed E-state index contributed by atoms with van der Waals surface area (Å²) >= 11 is 0. The van der Waals surface area contributed by atoms with Crippen molar-refractivity contribution in [2.45, 2.75) is 30.2 Å². The summed E-state index contributed by atoms with van der Waals surface area (Å²) in [6, 6.07) is 14.2. The number of aryl methyl sites for hydroxylation is 1. The Hall–Kier alpha value is -2.11. The Kier molecular flexibility index (Phi) is 4.16. The summed E-state index contributed by atoms with van der Waals surface area (Å²) < 4.78 is 26.3. The predicted octanol–water partition coefficient (Wildman–Crippen LogP) is 4.07. The van der Waals surface area contributed by atoms with Gasteiger partial charge in [0.15, 0.2) is 0 Å². The fourth-order valence-corrected chi connectivity index (χ4v) is 5.12. The maximum absolute atomic E-state index is 12.5. The highest BCUT2D eigenvalue weighted by Gasteiger charge is 2.38. The van der Waals surface area contributed by atoms with Crippen molar-refractivity contribution in [3.05, 3.63) is 71.3 Å². The summed E-state index contributed by atoms with van der Waals surface area (Å²) in [6.45, 7) is 2.15. The average Bonchev–Trinajstić information content (AvgIpc) is 3.11. The Labute approximate surface area is 155 Å². The summed E-state index contributed by atoms with van der Waals surface area (Å²) in [5.41, 5.74) is 4.72. The van der Waals surface area contributed by atoms with E-state index in [-0.39, 0.29) is 12.0 Å². The molecule has 0 fully saturated rings. The molecule has 1 aliphatic carbocycles. The second-order valence-electron chi connectivity index (χ2n) is 7.37. The van der Waals surface area contributed by atoms with Crippen LogP contribution in [0, 0.1) is 12.8 Å². The van der Waals surface area contributed by atoms with Crippen molar-refractivity contribution in [1.82, 2.24) is 4.31 Å². The number of sulfonamides is 1. The van der Waals surface area contributed by atoms with Crippen molar-refractivity contribution in [3.8, 4) is 0 Å². The topological polar surface area (TPSA) is 49.4 Å². The van der Waals surface area contributed by atoms with Crippen LogP contribution in [0.1, 0.15) is 35.1 Å². The van der Waals surface area contributed by atoms with E-state index in [2.05, 4.69) is 48.7 Å². The van der Waals surface area contributed by atoms with Gasteiger partial charge in [0.1, 0.15) is 0 Å². The van der Waals surface area contributed by atoms with E-state index < -0.39 is 10.0 Å². The molecule has 0 saturated heterocycles. The molecule has 5 heteroatoms. The first-order chi connectivity index (χ1) is 12.4. The van der Waals surface area contributed by atoms with Gasteiger partial charge in [0, 0.05) is 25.7 Å². The van der Waals surface area contributed by atoms with Gasteiger partial charge in [-0.25, -0.2) is 12.7 Å². The van der Waals surface area contributed by atoms with E-state index in [1.165, 1.54) is 15.4 Å². The Morgan fingerprint density at radius 3 is 2.58 bits per heavy atom. The lowest BCUT2D eigenvalue weighted by Gasteiger charge is -2.38. The van der Waals surface area contributed by atoms with Gasteiger partial charge in [0.2, 0.25) is 10.0 Å². The first-order valence-corrected chi connectivity index (χ1v) is 10.4. The standard InChI is InChI=1S/C21H24N2O2S/c1-14-7-4-5-8-16(14)21-18-10-6-9-17(18)19-13-15(11-12-20(19)22-21)26(24,25)23(2)3/h4-9,11-13,17-18,21-22H,10H2,1-3H3. The molecule has 0 aromatic heterocycles. The molecule has 2 aliphatic rings. The van der Waals surface area contributed by atoms with Gasteiger partial charge in [0.25, 0.3) is 0 Å². The van der Waals surface area contributed by atoms with E-state index in [0.29, 0.717) is 10.8 Å². The number of hydrogen-bond donors (Lipinski definition) is 1. The number of nitrogens with zero attached hydrogens (tertiary/aromatic N) is 1. The van der Waals surface area contributed by atoms with Crippen molar-refractivity contribution < 1.29 is 8.42 Å². The SMILES string of the molecule is Cc1ccccc1C1Nc2ccc(S(=O)(=O)N(C)C)cc2C2C=CCC21. The molecule has 4 nitrogen and oxygen atoms in total. The third kappa shape index (κ3) is 2.66. The zero-order valence-corrected chi connectivity index (χ0v) is 16.1. The van der Waals surface area contributed by atoms with Crippen LogP contribution in [0.5, 0.6) is 0 Å². The van der Waals surface area contributed by atoms with Crippen LogP contribution in [0.25, 0.3) is 0 Å². The van der Waals surface area contributed by atoms with Crippen LogP contribution in [0.3, 0.4) is 0 Å². The molecule has 26 heavy (non-hydrogen) atoms. The van der Waals surface area contributed by atoms with Gasteiger partial charge >= 0.3 is 0 Å². The summed E-state index contributed by atoms with van der Waals surface area (Å²) in [7, 11) is -0.292. The molecule has 1 aliphatic heterocycles. The number of hydrogen-bond acceptors (Lipinski definition) is 3. The highest BCUT2D eigenvalue weighted by atomic mass is 32.2. The van der Waals surface area contributed by atoms with Crippen LogP contribution in [0.15, 0.2) is 59.5 Å². The summed E-state index contributed by atoms with van der Waals surface area (Å²) in [5.74, 6) is 0.647. The van der Waals surface area contributed by atoms with Crippen LogP contribution in [-0.4, -0.2) is 26.8 Å². The Bertz CT molecular complexity index is 979. The minimum Gasteiger partial charge on any atom is -0.378 e. The van der Waals surface area contributed by atoms with E-state index in [1.807, 2.05) is 12.1 Å². The highest BCUT2D eigenvalue weighted by Crippen LogP contribution is 2.50. The quantitative estimate of drug-likeness (QED) is 0.831. The van der Waals surface area contributed by atoms with E-state index in [9.17, 15) is 8.42 Å². The van der Waals surface area contributed by atoms with Gasteiger partial charge in [-0.05, 0) is 54.2 Å². The number of fused-ring (bicyclic) bond motifs is 3. The maximum atomic E-state index is 12.5. The number of anilines is 1. The van der Waals surface area contributed by atoms with E-state index in [0.717, 1.165) is 17.7 Å². The molecular formula is C21H24N2O2S. The molecule has 1 heterocycles. The fraction of sp³-hybridized carbons (Fsp3) is 0.333. The first kappa shape index (κ1) is 17.3. The first-order valence-electron chi connectivity index (χ1n) is 8.95. The Morgan fingerprint density at radius 2 is 1.85 bits per heavy atom. The molecule has 0 saturated carbocycles. The van der Waals surface area contributed by atoms with E-state index in [4.69, 9.17) is 0 Å². The molecule has 2 aromatic carbocycles. The monoisotopic (exact) mass is 368 g/mol. The lowest BCUT2D eigenvalue weighted by atomic mass is 9.76.